The number of hydrogen-bond donors (Lipinski definition) is 1. The van der Waals surface area contributed by atoms with E-state index in [2.05, 4.69) is 24.1 Å². The van der Waals surface area contributed by atoms with E-state index in [0.717, 1.165) is 44.5 Å². The van der Waals surface area contributed by atoms with Gasteiger partial charge in [-0.05, 0) is 44.3 Å². The van der Waals surface area contributed by atoms with Crippen molar-refractivity contribution in [2.75, 3.05) is 19.6 Å². The number of unbranched alkanes of at least 4 members (excludes halogenated alkanes) is 1. The summed E-state index contributed by atoms with van der Waals surface area (Å²) in [5.74, 6) is 0.783. The highest BCUT2D eigenvalue weighted by molar-refractivity contribution is 5.78. The Labute approximate surface area is 152 Å². The van der Waals surface area contributed by atoms with Gasteiger partial charge in [-0.25, -0.2) is 4.39 Å². The Bertz CT molecular complexity index is 526. The van der Waals surface area contributed by atoms with Crippen molar-refractivity contribution in [3.05, 3.63) is 35.6 Å². The molecule has 1 N–H and O–H groups in total. The van der Waals surface area contributed by atoms with Gasteiger partial charge in [-0.1, -0.05) is 51.3 Å². The molecule has 1 aliphatic rings. The summed E-state index contributed by atoms with van der Waals surface area (Å²) in [4.78, 5) is 14.7. The number of piperidine rings is 1. The van der Waals surface area contributed by atoms with E-state index in [-0.39, 0.29) is 17.6 Å². The Hall–Kier alpha value is -1.42. The van der Waals surface area contributed by atoms with Gasteiger partial charge in [0, 0.05) is 24.6 Å². The van der Waals surface area contributed by atoms with Crippen LogP contribution in [0.4, 0.5) is 4.39 Å². The van der Waals surface area contributed by atoms with Crippen molar-refractivity contribution in [2.45, 2.75) is 58.9 Å². The van der Waals surface area contributed by atoms with Crippen LogP contribution in [0.25, 0.3) is 0 Å². The maximum Gasteiger partial charge on any atom is 0.223 e. The fourth-order valence-electron chi connectivity index (χ4n) is 3.55. The van der Waals surface area contributed by atoms with Crippen LogP contribution in [0.15, 0.2) is 24.3 Å². The van der Waals surface area contributed by atoms with Gasteiger partial charge in [0.25, 0.3) is 0 Å². The smallest absolute Gasteiger partial charge is 0.223 e. The van der Waals surface area contributed by atoms with E-state index in [9.17, 15) is 9.18 Å². The zero-order valence-electron chi connectivity index (χ0n) is 15.8. The monoisotopic (exact) mass is 348 g/mol. The first kappa shape index (κ1) is 19.9. The average molecular weight is 349 g/mol. The summed E-state index contributed by atoms with van der Waals surface area (Å²) in [7, 11) is 0. The maximum absolute atomic E-state index is 13.8. The lowest BCUT2D eigenvalue weighted by Crippen LogP contribution is -2.41. The summed E-state index contributed by atoms with van der Waals surface area (Å²) < 4.78 is 13.8. The van der Waals surface area contributed by atoms with Gasteiger partial charge in [0.2, 0.25) is 5.91 Å². The summed E-state index contributed by atoms with van der Waals surface area (Å²) in [5.41, 5.74) is 0.743. The van der Waals surface area contributed by atoms with Crippen molar-refractivity contribution in [3.8, 4) is 0 Å². The molecule has 1 amide bonds. The number of hydrogen-bond acceptors (Lipinski definition) is 2. The summed E-state index contributed by atoms with van der Waals surface area (Å²) >= 11 is 0. The molecule has 1 aromatic carbocycles. The molecule has 140 valence electrons. The fourth-order valence-corrected chi connectivity index (χ4v) is 3.55. The van der Waals surface area contributed by atoms with E-state index >= 15 is 0 Å². The summed E-state index contributed by atoms with van der Waals surface area (Å²) in [5, 5.41) is 3.17. The lowest BCUT2D eigenvalue weighted by molar-refractivity contribution is -0.126. The molecular weight excluding hydrogens is 315 g/mol. The van der Waals surface area contributed by atoms with Crippen molar-refractivity contribution in [2.24, 2.45) is 11.8 Å². The van der Waals surface area contributed by atoms with Crippen molar-refractivity contribution in [3.63, 3.8) is 0 Å². The third-order valence-electron chi connectivity index (χ3n) is 5.42. The molecule has 0 aliphatic carbocycles. The number of amides is 1. The highest BCUT2D eigenvalue weighted by atomic mass is 19.1. The Morgan fingerprint density at radius 1 is 1.28 bits per heavy atom. The van der Waals surface area contributed by atoms with Gasteiger partial charge in [-0.2, -0.15) is 0 Å². The largest absolute Gasteiger partial charge is 0.356 e. The van der Waals surface area contributed by atoms with Gasteiger partial charge in [0.05, 0.1) is 0 Å². The molecule has 1 fully saturated rings. The van der Waals surface area contributed by atoms with Crippen molar-refractivity contribution in [1.82, 2.24) is 10.2 Å². The summed E-state index contributed by atoms with van der Waals surface area (Å²) in [6, 6.07) is 6.95. The predicted molar refractivity (Wildman–Crippen MR) is 101 cm³/mol. The molecule has 0 aromatic heterocycles. The number of likely N-dealkylation sites (tertiary alicyclic amines) is 1. The van der Waals surface area contributed by atoms with Crippen LogP contribution in [0.2, 0.25) is 0 Å². The van der Waals surface area contributed by atoms with E-state index in [1.54, 1.807) is 6.07 Å². The molecule has 1 saturated heterocycles. The number of carbonyl (C=O) groups excluding carboxylic acids is 1. The third-order valence-corrected chi connectivity index (χ3v) is 5.42. The van der Waals surface area contributed by atoms with E-state index < -0.39 is 0 Å². The number of nitrogens with zero attached hydrogens (tertiary/aromatic N) is 1. The van der Waals surface area contributed by atoms with Crippen LogP contribution in [-0.4, -0.2) is 30.4 Å². The molecule has 0 unspecified atom stereocenters. The zero-order valence-corrected chi connectivity index (χ0v) is 15.8. The zero-order chi connectivity index (χ0) is 18.1. The van der Waals surface area contributed by atoms with Crippen LogP contribution in [-0.2, 0) is 11.3 Å². The van der Waals surface area contributed by atoms with Gasteiger partial charge in [0.1, 0.15) is 5.82 Å². The molecule has 0 radical (unpaired) electrons. The van der Waals surface area contributed by atoms with E-state index in [1.165, 1.54) is 25.3 Å². The standard InChI is InChI=1S/C21H33FN2O/c1-3-5-8-17(4-2)15-23-21(25)18-11-13-24(14-12-18)16-19-9-6-7-10-20(19)22/h6-7,9-10,17-18H,3-5,8,11-16H2,1-2H3,(H,23,25)/t17-/m0/s1. The Kier molecular flexibility index (Phi) is 8.39. The lowest BCUT2D eigenvalue weighted by atomic mass is 9.94. The number of carbonyl (C=O) groups is 1. The molecule has 1 aliphatic heterocycles. The molecule has 2 rings (SSSR count). The van der Waals surface area contributed by atoms with Crippen molar-refractivity contribution < 1.29 is 9.18 Å². The topological polar surface area (TPSA) is 32.3 Å². The van der Waals surface area contributed by atoms with E-state index in [1.807, 2.05) is 12.1 Å². The Morgan fingerprint density at radius 2 is 2.00 bits per heavy atom. The molecule has 0 bridgehead atoms. The number of rotatable bonds is 9. The first-order valence-electron chi connectivity index (χ1n) is 9.87. The van der Waals surface area contributed by atoms with E-state index in [4.69, 9.17) is 0 Å². The minimum Gasteiger partial charge on any atom is -0.356 e. The first-order chi connectivity index (χ1) is 12.1. The Balaban J connectivity index is 1.72. The quantitative estimate of drug-likeness (QED) is 0.719. The fraction of sp³-hybridized carbons (Fsp3) is 0.667. The van der Waals surface area contributed by atoms with Crippen LogP contribution in [0.1, 0.15) is 57.9 Å². The van der Waals surface area contributed by atoms with Gasteiger partial charge in [-0.15, -0.1) is 0 Å². The second kappa shape index (κ2) is 10.5. The predicted octanol–water partition coefficient (Wildman–Crippen LogP) is 4.37. The lowest BCUT2D eigenvalue weighted by Gasteiger charge is -2.31. The molecule has 1 atom stereocenters. The molecule has 25 heavy (non-hydrogen) atoms. The highest BCUT2D eigenvalue weighted by Crippen LogP contribution is 2.20. The average Bonchev–Trinajstić information content (AvgIpc) is 2.64. The summed E-state index contributed by atoms with van der Waals surface area (Å²) in [6.45, 7) is 7.58. The number of benzene rings is 1. The van der Waals surface area contributed by atoms with Crippen LogP contribution in [0.3, 0.4) is 0 Å². The molecule has 0 saturated carbocycles. The van der Waals surface area contributed by atoms with Gasteiger partial charge >= 0.3 is 0 Å². The number of nitrogens with one attached hydrogen (secondary N) is 1. The minimum atomic E-state index is -0.139. The minimum absolute atomic E-state index is 0.112. The van der Waals surface area contributed by atoms with E-state index in [0.29, 0.717) is 12.5 Å². The second-order valence-electron chi connectivity index (χ2n) is 7.30. The maximum atomic E-state index is 13.8. The SMILES string of the molecule is CCCC[C@H](CC)CNC(=O)C1CCN(Cc2ccccc2F)CC1. The van der Waals surface area contributed by atoms with Gasteiger partial charge in [-0.3, -0.25) is 9.69 Å². The number of halogens is 1. The van der Waals surface area contributed by atoms with Crippen LogP contribution < -0.4 is 5.32 Å². The van der Waals surface area contributed by atoms with Gasteiger partial charge in [0.15, 0.2) is 0 Å². The molecule has 4 heteroatoms. The van der Waals surface area contributed by atoms with Crippen molar-refractivity contribution >= 4 is 5.91 Å². The third kappa shape index (κ3) is 6.43. The molecular formula is C21H33FN2O. The van der Waals surface area contributed by atoms with Crippen molar-refractivity contribution in [1.29, 1.82) is 0 Å². The Morgan fingerprint density at radius 3 is 2.64 bits per heavy atom. The molecule has 1 heterocycles. The normalized spacial score (nSPS) is 17.4. The first-order valence-corrected chi connectivity index (χ1v) is 9.87. The molecule has 1 aromatic rings. The molecule has 0 spiro atoms. The van der Waals surface area contributed by atoms with Crippen LogP contribution in [0.5, 0.6) is 0 Å². The van der Waals surface area contributed by atoms with Crippen LogP contribution >= 0.6 is 0 Å². The summed E-state index contributed by atoms with van der Waals surface area (Å²) in [6.07, 6.45) is 6.52. The van der Waals surface area contributed by atoms with Crippen LogP contribution in [0, 0.1) is 17.7 Å². The highest BCUT2D eigenvalue weighted by Gasteiger charge is 2.25. The molecule has 3 nitrogen and oxygen atoms in total. The van der Waals surface area contributed by atoms with Gasteiger partial charge < -0.3 is 5.32 Å². The second-order valence-corrected chi connectivity index (χ2v) is 7.30.